The van der Waals surface area contributed by atoms with Gasteiger partial charge in [0.15, 0.2) is 0 Å². The third-order valence-electron chi connectivity index (χ3n) is 5.64. The van der Waals surface area contributed by atoms with Gasteiger partial charge in [0.1, 0.15) is 12.3 Å². The first-order valence-electron chi connectivity index (χ1n) is 11.0. The Kier molecular flexibility index (Phi) is 7.28. The lowest BCUT2D eigenvalue weighted by molar-refractivity contribution is 0.0639. The molecule has 168 valence electrons. The van der Waals surface area contributed by atoms with Gasteiger partial charge < -0.3 is 20.9 Å². The lowest BCUT2D eigenvalue weighted by atomic mass is 9.83. The van der Waals surface area contributed by atoms with Crippen molar-refractivity contribution in [2.24, 2.45) is 15.9 Å². The Labute approximate surface area is 184 Å². The number of nitrogen functional groups attached to an aromatic ring is 1. The van der Waals surface area contributed by atoms with Crippen LogP contribution in [0.3, 0.4) is 0 Å². The lowest BCUT2D eigenvalue weighted by Crippen LogP contribution is -2.20. The van der Waals surface area contributed by atoms with Crippen LogP contribution in [0.4, 0.5) is 5.69 Å². The molecule has 31 heavy (non-hydrogen) atoms. The fourth-order valence-electron chi connectivity index (χ4n) is 3.87. The predicted octanol–water partition coefficient (Wildman–Crippen LogP) is 4.12. The molecule has 2 aliphatic rings. The van der Waals surface area contributed by atoms with Gasteiger partial charge in [-0.05, 0) is 67.3 Å². The molecule has 1 saturated carbocycles. The van der Waals surface area contributed by atoms with E-state index in [9.17, 15) is 0 Å². The van der Waals surface area contributed by atoms with Crippen LogP contribution in [0, 0.1) is 0 Å². The second-order valence-electron chi connectivity index (χ2n) is 9.08. The molecular weight excluding hydrogens is 390 g/mol. The van der Waals surface area contributed by atoms with Gasteiger partial charge in [0.25, 0.3) is 5.90 Å². The molecule has 1 aromatic heterocycles. The molecule has 1 aliphatic carbocycles. The lowest BCUT2D eigenvalue weighted by Gasteiger charge is -2.23. The summed E-state index contributed by atoms with van der Waals surface area (Å²) in [6, 6.07) is 6.32. The van der Waals surface area contributed by atoms with E-state index in [1.54, 1.807) is 0 Å². The first-order chi connectivity index (χ1) is 14.9. The normalized spacial score (nSPS) is 19.1. The van der Waals surface area contributed by atoms with Crippen molar-refractivity contribution in [3.05, 3.63) is 35.0 Å². The molecule has 2 heterocycles. The van der Waals surface area contributed by atoms with E-state index in [4.69, 9.17) is 20.2 Å². The fraction of sp³-hybridized carbons (Fsp3) is 0.542. The SMILES string of the molecule is C=N/N=C(\OCC1CCCO1)c1cc(N)c2cc(C3CC3)cc(C(C)(C)C)c2n1.CN. The second kappa shape index (κ2) is 9.75. The number of hydrogen-bond acceptors (Lipinski definition) is 7. The van der Waals surface area contributed by atoms with Crippen LogP contribution in [-0.2, 0) is 14.9 Å². The Hall–Kier alpha value is -2.51. The van der Waals surface area contributed by atoms with Gasteiger partial charge in [-0.1, -0.05) is 26.8 Å². The van der Waals surface area contributed by atoms with Crippen LogP contribution >= 0.6 is 0 Å². The molecule has 7 nitrogen and oxygen atoms in total. The van der Waals surface area contributed by atoms with E-state index in [1.165, 1.54) is 31.0 Å². The zero-order valence-corrected chi connectivity index (χ0v) is 19.1. The number of anilines is 1. The molecule has 2 fully saturated rings. The number of rotatable bonds is 5. The molecule has 1 unspecified atom stereocenters. The number of nitrogens with two attached hydrogens (primary N) is 2. The van der Waals surface area contributed by atoms with Gasteiger partial charge in [-0.2, -0.15) is 5.10 Å². The van der Waals surface area contributed by atoms with Crippen LogP contribution in [0.2, 0.25) is 0 Å². The van der Waals surface area contributed by atoms with Crippen molar-refractivity contribution in [3.63, 3.8) is 0 Å². The summed E-state index contributed by atoms with van der Waals surface area (Å²) in [6.07, 6.45) is 4.62. The van der Waals surface area contributed by atoms with E-state index in [0.29, 0.717) is 29.8 Å². The topological polar surface area (TPSA) is 108 Å². The number of hydrogen-bond donors (Lipinski definition) is 2. The van der Waals surface area contributed by atoms with E-state index in [2.05, 4.69) is 55.6 Å². The highest BCUT2D eigenvalue weighted by Gasteiger charge is 2.28. The molecular formula is C24H35N5O2. The summed E-state index contributed by atoms with van der Waals surface area (Å²) in [4.78, 5) is 4.92. The van der Waals surface area contributed by atoms with Crippen molar-refractivity contribution in [1.82, 2.24) is 4.98 Å². The van der Waals surface area contributed by atoms with E-state index in [1.807, 2.05) is 6.07 Å². The minimum absolute atomic E-state index is 0.0618. The van der Waals surface area contributed by atoms with E-state index in [0.717, 1.165) is 30.4 Å². The smallest absolute Gasteiger partial charge is 0.259 e. The maximum absolute atomic E-state index is 6.49. The summed E-state index contributed by atoms with van der Waals surface area (Å²) < 4.78 is 11.6. The van der Waals surface area contributed by atoms with Gasteiger partial charge in [0, 0.05) is 24.4 Å². The zero-order valence-electron chi connectivity index (χ0n) is 19.1. The standard InChI is InChI=1S/C23H30N4O2.CH5N/c1-23(2,3)18-11-15(14-7-8-14)10-17-19(24)12-20(26-21(17)18)22(27-25-4)29-13-16-6-5-9-28-16;1-2/h10-12,14,16H,4-9,13H2,1-3H3,(H2,24,26);2H2,1H3/b27-22-;. The van der Waals surface area contributed by atoms with E-state index in [-0.39, 0.29) is 11.5 Å². The summed E-state index contributed by atoms with van der Waals surface area (Å²) in [7, 11) is 1.50. The van der Waals surface area contributed by atoms with Crippen molar-refractivity contribution < 1.29 is 9.47 Å². The van der Waals surface area contributed by atoms with Crippen molar-refractivity contribution in [2.45, 2.75) is 63.9 Å². The molecule has 4 rings (SSSR count). The monoisotopic (exact) mass is 425 g/mol. The van der Waals surface area contributed by atoms with Crippen molar-refractivity contribution in [3.8, 4) is 0 Å². The second-order valence-corrected chi connectivity index (χ2v) is 9.08. The molecule has 4 N–H and O–H groups in total. The molecule has 1 aliphatic heterocycles. The van der Waals surface area contributed by atoms with Crippen LogP contribution < -0.4 is 11.5 Å². The Morgan fingerprint density at radius 2 is 1.97 bits per heavy atom. The minimum Gasteiger partial charge on any atom is -0.472 e. The molecule has 0 amide bonds. The van der Waals surface area contributed by atoms with Crippen molar-refractivity contribution in [2.75, 3.05) is 26.0 Å². The molecule has 0 bridgehead atoms. The highest BCUT2D eigenvalue weighted by atomic mass is 16.5. The number of pyridine rings is 1. The Bertz CT molecular complexity index is 955. The van der Waals surface area contributed by atoms with Gasteiger partial charge in [0.2, 0.25) is 0 Å². The summed E-state index contributed by atoms with van der Waals surface area (Å²) in [6.45, 7) is 11.3. The summed E-state index contributed by atoms with van der Waals surface area (Å²) in [5.41, 5.74) is 15.6. The van der Waals surface area contributed by atoms with Gasteiger partial charge in [0.05, 0.1) is 11.6 Å². The summed E-state index contributed by atoms with van der Waals surface area (Å²) in [5.74, 6) is 0.978. The predicted molar refractivity (Wildman–Crippen MR) is 128 cm³/mol. The molecule has 0 spiro atoms. The van der Waals surface area contributed by atoms with Gasteiger partial charge in [-0.3, -0.25) is 0 Å². The highest BCUT2D eigenvalue weighted by molar-refractivity contribution is 6.00. The number of aromatic nitrogens is 1. The Balaban J connectivity index is 0.00000132. The van der Waals surface area contributed by atoms with Gasteiger partial charge in [-0.15, -0.1) is 5.10 Å². The van der Waals surface area contributed by atoms with Gasteiger partial charge >= 0.3 is 0 Å². The van der Waals surface area contributed by atoms with Crippen molar-refractivity contribution in [1.29, 1.82) is 0 Å². The van der Waals surface area contributed by atoms with Crippen molar-refractivity contribution >= 4 is 29.2 Å². The molecule has 2 aromatic rings. The molecule has 0 radical (unpaired) electrons. The third-order valence-corrected chi connectivity index (χ3v) is 5.64. The molecule has 1 saturated heterocycles. The van der Waals surface area contributed by atoms with Crippen LogP contribution in [0.15, 0.2) is 28.4 Å². The quantitative estimate of drug-likeness (QED) is 0.425. The van der Waals surface area contributed by atoms with Crippen LogP contribution in [0.25, 0.3) is 10.9 Å². The first-order valence-corrected chi connectivity index (χ1v) is 11.0. The van der Waals surface area contributed by atoms with Crippen LogP contribution in [0.1, 0.15) is 69.2 Å². The van der Waals surface area contributed by atoms with E-state index < -0.39 is 0 Å². The maximum Gasteiger partial charge on any atom is 0.259 e. The van der Waals surface area contributed by atoms with Crippen LogP contribution in [-0.4, -0.2) is 44.0 Å². The maximum atomic E-state index is 6.49. The largest absolute Gasteiger partial charge is 0.472 e. The summed E-state index contributed by atoms with van der Waals surface area (Å²) >= 11 is 0. The highest BCUT2D eigenvalue weighted by Crippen LogP contribution is 2.44. The zero-order chi connectivity index (χ0) is 22.6. The average molecular weight is 426 g/mol. The number of ether oxygens (including phenoxy) is 2. The summed E-state index contributed by atoms with van der Waals surface area (Å²) in [5, 5.41) is 8.75. The third kappa shape index (κ3) is 5.40. The Morgan fingerprint density at radius 3 is 2.55 bits per heavy atom. The molecule has 7 heteroatoms. The Morgan fingerprint density at radius 1 is 1.23 bits per heavy atom. The van der Waals surface area contributed by atoms with Gasteiger partial charge in [-0.25, -0.2) is 4.98 Å². The first kappa shape index (κ1) is 23.2. The van der Waals surface area contributed by atoms with E-state index >= 15 is 0 Å². The van der Waals surface area contributed by atoms with Crippen LogP contribution in [0.5, 0.6) is 0 Å². The fourth-order valence-corrected chi connectivity index (χ4v) is 3.87. The number of benzene rings is 1. The average Bonchev–Trinajstić information content (AvgIpc) is 3.47. The number of nitrogens with zero attached hydrogens (tertiary/aromatic N) is 3. The minimum atomic E-state index is -0.0618. The molecule has 1 atom stereocenters. The molecule has 1 aromatic carbocycles. The number of fused-ring (bicyclic) bond motifs is 1.